The first-order valence-electron chi connectivity index (χ1n) is 5.12. The highest BCUT2D eigenvalue weighted by atomic mass is 16.4. The lowest BCUT2D eigenvalue weighted by Crippen LogP contribution is -2.20. The molecule has 92 valence electrons. The molecule has 1 aromatic carbocycles. The van der Waals surface area contributed by atoms with Gasteiger partial charge in [0.25, 0.3) is 0 Å². The first-order chi connectivity index (χ1) is 7.99. The van der Waals surface area contributed by atoms with Crippen molar-refractivity contribution in [3.63, 3.8) is 0 Å². The Labute approximate surface area is 98.6 Å². The SMILES string of the molecule is NC(N)c1ccc(NC(=O)CCC(=O)O)cc1. The molecular weight excluding hydrogens is 222 g/mol. The number of carbonyl (C=O) groups is 2. The molecule has 0 spiro atoms. The third kappa shape index (κ3) is 4.62. The molecule has 0 aliphatic carbocycles. The predicted molar refractivity (Wildman–Crippen MR) is 63.1 cm³/mol. The molecule has 0 atom stereocenters. The zero-order chi connectivity index (χ0) is 12.8. The third-order valence-corrected chi connectivity index (χ3v) is 2.15. The number of hydrogen-bond donors (Lipinski definition) is 4. The van der Waals surface area contributed by atoms with Crippen molar-refractivity contribution in [2.24, 2.45) is 11.5 Å². The van der Waals surface area contributed by atoms with E-state index in [-0.39, 0.29) is 18.7 Å². The molecule has 0 heterocycles. The average Bonchev–Trinajstić information content (AvgIpc) is 2.27. The monoisotopic (exact) mass is 237 g/mol. The van der Waals surface area contributed by atoms with Crippen LogP contribution in [-0.2, 0) is 9.59 Å². The van der Waals surface area contributed by atoms with Gasteiger partial charge in [0.05, 0.1) is 12.6 Å². The Morgan fingerprint density at radius 2 is 1.76 bits per heavy atom. The maximum absolute atomic E-state index is 11.3. The number of aliphatic carboxylic acids is 1. The number of anilines is 1. The van der Waals surface area contributed by atoms with Crippen LogP contribution >= 0.6 is 0 Å². The predicted octanol–water partition coefficient (Wildman–Crippen LogP) is 0.406. The maximum atomic E-state index is 11.3. The Balaban J connectivity index is 2.51. The molecule has 0 aliphatic rings. The molecular formula is C11H15N3O3. The van der Waals surface area contributed by atoms with Gasteiger partial charge in [-0.2, -0.15) is 0 Å². The number of carboxylic acid groups (broad SMARTS) is 1. The van der Waals surface area contributed by atoms with E-state index in [0.717, 1.165) is 5.56 Å². The van der Waals surface area contributed by atoms with Crippen molar-refractivity contribution in [2.75, 3.05) is 5.32 Å². The summed E-state index contributed by atoms with van der Waals surface area (Å²) in [4.78, 5) is 21.6. The number of amides is 1. The number of nitrogens with one attached hydrogen (secondary N) is 1. The van der Waals surface area contributed by atoms with Crippen LogP contribution in [0.25, 0.3) is 0 Å². The molecule has 6 heteroatoms. The second kappa shape index (κ2) is 5.97. The van der Waals surface area contributed by atoms with Crippen LogP contribution in [0.15, 0.2) is 24.3 Å². The zero-order valence-electron chi connectivity index (χ0n) is 9.22. The van der Waals surface area contributed by atoms with Gasteiger partial charge in [-0.15, -0.1) is 0 Å². The minimum atomic E-state index is -0.996. The summed E-state index contributed by atoms with van der Waals surface area (Å²) < 4.78 is 0. The van der Waals surface area contributed by atoms with Gasteiger partial charge in [0.1, 0.15) is 0 Å². The van der Waals surface area contributed by atoms with E-state index in [4.69, 9.17) is 16.6 Å². The molecule has 0 saturated carbocycles. The highest BCUT2D eigenvalue weighted by Gasteiger charge is 2.06. The van der Waals surface area contributed by atoms with Crippen molar-refractivity contribution < 1.29 is 14.7 Å². The fraction of sp³-hybridized carbons (Fsp3) is 0.273. The molecule has 17 heavy (non-hydrogen) atoms. The van der Waals surface area contributed by atoms with Crippen molar-refractivity contribution in [2.45, 2.75) is 19.0 Å². The van der Waals surface area contributed by atoms with Gasteiger partial charge in [-0.1, -0.05) is 12.1 Å². The fourth-order valence-electron chi connectivity index (χ4n) is 1.23. The van der Waals surface area contributed by atoms with Crippen LogP contribution in [0.3, 0.4) is 0 Å². The van der Waals surface area contributed by atoms with Gasteiger partial charge < -0.3 is 21.9 Å². The lowest BCUT2D eigenvalue weighted by molar-refractivity contribution is -0.138. The van der Waals surface area contributed by atoms with Gasteiger partial charge in [0.2, 0.25) is 5.91 Å². The van der Waals surface area contributed by atoms with Crippen LogP contribution < -0.4 is 16.8 Å². The van der Waals surface area contributed by atoms with Gasteiger partial charge in [-0.3, -0.25) is 9.59 Å². The minimum Gasteiger partial charge on any atom is -0.481 e. The lowest BCUT2D eigenvalue weighted by atomic mass is 10.1. The minimum absolute atomic E-state index is 0.0481. The molecule has 0 saturated heterocycles. The van der Waals surface area contributed by atoms with Crippen LogP contribution in [-0.4, -0.2) is 17.0 Å². The third-order valence-electron chi connectivity index (χ3n) is 2.15. The van der Waals surface area contributed by atoms with E-state index >= 15 is 0 Å². The van der Waals surface area contributed by atoms with Crippen molar-refractivity contribution >= 4 is 17.6 Å². The molecule has 1 amide bonds. The largest absolute Gasteiger partial charge is 0.481 e. The van der Waals surface area contributed by atoms with Gasteiger partial charge in [0, 0.05) is 12.1 Å². The van der Waals surface area contributed by atoms with Crippen molar-refractivity contribution in [3.05, 3.63) is 29.8 Å². The number of benzene rings is 1. The number of rotatable bonds is 5. The Kier molecular flexibility index (Phi) is 4.62. The first-order valence-corrected chi connectivity index (χ1v) is 5.12. The van der Waals surface area contributed by atoms with Crippen molar-refractivity contribution in [3.8, 4) is 0 Å². The fourth-order valence-corrected chi connectivity index (χ4v) is 1.23. The summed E-state index contributed by atoms with van der Waals surface area (Å²) in [6.07, 6.45) is -0.780. The molecule has 1 aromatic rings. The second-order valence-corrected chi connectivity index (χ2v) is 3.59. The highest BCUT2D eigenvalue weighted by Crippen LogP contribution is 2.12. The highest BCUT2D eigenvalue weighted by molar-refractivity contribution is 5.92. The maximum Gasteiger partial charge on any atom is 0.303 e. The molecule has 6 N–H and O–H groups in total. The summed E-state index contributed by atoms with van der Waals surface area (Å²) >= 11 is 0. The van der Waals surface area contributed by atoms with E-state index in [1.165, 1.54) is 0 Å². The summed E-state index contributed by atoms with van der Waals surface area (Å²) in [5.74, 6) is -1.33. The van der Waals surface area contributed by atoms with Gasteiger partial charge in [-0.05, 0) is 17.7 Å². The summed E-state index contributed by atoms with van der Waals surface area (Å²) in [6.45, 7) is 0. The molecule has 6 nitrogen and oxygen atoms in total. The normalized spacial score (nSPS) is 10.3. The number of carbonyl (C=O) groups excluding carboxylic acids is 1. The van der Waals surface area contributed by atoms with E-state index in [2.05, 4.69) is 5.32 Å². The van der Waals surface area contributed by atoms with Crippen LogP contribution in [0.4, 0.5) is 5.69 Å². The first kappa shape index (κ1) is 13.1. The summed E-state index contributed by atoms with van der Waals surface area (Å²) in [5.41, 5.74) is 12.3. The number of carboxylic acids is 1. The molecule has 1 rings (SSSR count). The van der Waals surface area contributed by atoms with Crippen molar-refractivity contribution in [1.29, 1.82) is 0 Å². The number of nitrogens with two attached hydrogens (primary N) is 2. The van der Waals surface area contributed by atoms with E-state index < -0.39 is 12.1 Å². The Morgan fingerprint density at radius 3 is 2.24 bits per heavy atom. The summed E-state index contributed by atoms with van der Waals surface area (Å²) in [6, 6.07) is 6.75. The Morgan fingerprint density at radius 1 is 1.18 bits per heavy atom. The topological polar surface area (TPSA) is 118 Å². The summed E-state index contributed by atoms with van der Waals surface area (Å²) in [7, 11) is 0. The molecule has 0 radical (unpaired) electrons. The Hall–Kier alpha value is -1.92. The average molecular weight is 237 g/mol. The van der Waals surface area contributed by atoms with Gasteiger partial charge >= 0.3 is 5.97 Å². The van der Waals surface area contributed by atoms with Gasteiger partial charge in [-0.25, -0.2) is 0 Å². The lowest BCUT2D eigenvalue weighted by Gasteiger charge is -2.08. The number of hydrogen-bond acceptors (Lipinski definition) is 4. The summed E-state index contributed by atoms with van der Waals surface area (Å²) in [5, 5.41) is 11.0. The second-order valence-electron chi connectivity index (χ2n) is 3.59. The van der Waals surface area contributed by atoms with E-state index in [0.29, 0.717) is 5.69 Å². The molecule has 0 unspecified atom stereocenters. The molecule has 0 aliphatic heterocycles. The molecule has 0 fully saturated rings. The van der Waals surface area contributed by atoms with Crippen molar-refractivity contribution in [1.82, 2.24) is 0 Å². The molecule has 0 aromatic heterocycles. The van der Waals surface area contributed by atoms with Crippen LogP contribution in [0.2, 0.25) is 0 Å². The zero-order valence-corrected chi connectivity index (χ0v) is 9.22. The van der Waals surface area contributed by atoms with Crippen LogP contribution in [0.1, 0.15) is 24.6 Å². The van der Waals surface area contributed by atoms with E-state index in [1.54, 1.807) is 24.3 Å². The molecule has 0 bridgehead atoms. The van der Waals surface area contributed by atoms with Crippen LogP contribution in [0, 0.1) is 0 Å². The quantitative estimate of drug-likeness (QED) is 0.553. The van der Waals surface area contributed by atoms with E-state index in [1.807, 2.05) is 0 Å². The smallest absolute Gasteiger partial charge is 0.303 e. The Bertz CT molecular complexity index is 401. The van der Waals surface area contributed by atoms with Gasteiger partial charge in [0.15, 0.2) is 0 Å². The van der Waals surface area contributed by atoms with Crippen LogP contribution in [0.5, 0.6) is 0 Å². The standard InChI is InChI=1S/C11H15N3O3/c12-11(13)7-1-3-8(4-2-7)14-9(15)5-6-10(16)17/h1-4,11H,5-6,12-13H2,(H,14,15)(H,16,17). The van der Waals surface area contributed by atoms with E-state index in [9.17, 15) is 9.59 Å².